The van der Waals surface area contributed by atoms with Crippen molar-refractivity contribution < 1.29 is 9.21 Å². The van der Waals surface area contributed by atoms with Crippen LogP contribution in [0.15, 0.2) is 21.3 Å². The molecule has 0 radical (unpaired) electrons. The molecule has 0 spiro atoms. The number of urea groups is 1. The summed E-state index contributed by atoms with van der Waals surface area (Å²) in [7, 11) is 1.74. The first-order chi connectivity index (χ1) is 11.0. The van der Waals surface area contributed by atoms with Gasteiger partial charge in [-0.05, 0) is 25.8 Å². The highest BCUT2D eigenvalue weighted by molar-refractivity contribution is 7.22. The lowest BCUT2D eigenvalue weighted by atomic mass is 10.2. The predicted octanol–water partition coefficient (Wildman–Crippen LogP) is 4.28. The Hall–Kier alpha value is -1.82. The molecule has 2 aromatic rings. The SMILES string of the molecule is CC.Cc1cc2sc(N(C)C(=O)NC3CCCC3)cc2oc1=O. The van der Waals surface area contributed by atoms with Crippen molar-refractivity contribution in [1.82, 2.24) is 5.32 Å². The topological polar surface area (TPSA) is 62.6 Å². The highest BCUT2D eigenvalue weighted by Crippen LogP contribution is 2.31. The molecular weight excluding hydrogens is 312 g/mol. The van der Waals surface area contributed by atoms with Crippen LogP contribution in [0.2, 0.25) is 0 Å². The third kappa shape index (κ3) is 3.93. The van der Waals surface area contributed by atoms with Crippen molar-refractivity contribution in [2.45, 2.75) is 52.5 Å². The van der Waals surface area contributed by atoms with Gasteiger partial charge in [0.15, 0.2) is 5.58 Å². The fourth-order valence-electron chi connectivity index (χ4n) is 2.60. The summed E-state index contributed by atoms with van der Waals surface area (Å²) < 4.78 is 6.11. The maximum atomic E-state index is 12.2. The molecule has 1 aliphatic carbocycles. The third-order valence-electron chi connectivity index (χ3n) is 3.90. The van der Waals surface area contributed by atoms with Crippen LogP contribution in [0.5, 0.6) is 0 Å². The van der Waals surface area contributed by atoms with Crippen LogP contribution in [0.1, 0.15) is 45.1 Å². The third-order valence-corrected chi connectivity index (χ3v) is 5.04. The van der Waals surface area contributed by atoms with Gasteiger partial charge in [-0.25, -0.2) is 9.59 Å². The van der Waals surface area contributed by atoms with Gasteiger partial charge in [-0.2, -0.15) is 0 Å². The fourth-order valence-corrected chi connectivity index (χ4v) is 3.65. The van der Waals surface area contributed by atoms with Gasteiger partial charge in [0.2, 0.25) is 0 Å². The first-order valence-corrected chi connectivity index (χ1v) is 8.95. The fraction of sp³-hybridized carbons (Fsp3) is 0.529. The Balaban J connectivity index is 0.000000924. The number of nitrogens with zero attached hydrogens (tertiary/aromatic N) is 1. The largest absolute Gasteiger partial charge is 0.422 e. The lowest BCUT2D eigenvalue weighted by Gasteiger charge is -2.19. The zero-order valence-corrected chi connectivity index (χ0v) is 15.0. The minimum atomic E-state index is -0.329. The van der Waals surface area contributed by atoms with Crippen molar-refractivity contribution in [3.05, 3.63) is 28.1 Å². The summed E-state index contributed by atoms with van der Waals surface area (Å²) in [6.07, 6.45) is 4.48. The lowest BCUT2D eigenvalue weighted by molar-refractivity contribution is 0.244. The monoisotopic (exact) mass is 336 g/mol. The van der Waals surface area contributed by atoms with Crippen molar-refractivity contribution in [3.63, 3.8) is 0 Å². The van der Waals surface area contributed by atoms with E-state index >= 15 is 0 Å². The second kappa shape index (κ2) is 7.64. The van der Waals surface area contributed by atoms with Gasteiger partial charge in [-0.3, -0.25) is 4.90 Å². The highest BCUT2D eigenvalue weighted by Gasteiger charge is 2.21. The van der Waals surface area contributed by atoms with Crippen LogP contribution in [-0.4, -0.2) is 19.1 Å². The number of anilines is 1. The molecule has 0 aromatic carbocycles. The predicted molar refractivity (Wildman–Crippen MR) is 95.6 cm³/mol. The normalized spacial score (nSPS) is 14.4. The number of nitrogens with one attached hydrogen (secondary N) is 1. The van der Waals surface area contributed by atoms with Gasteiger partial charge >= 0.3 is 11.7 Å². The molecule has 1 aliphatic rings. The smallest absolute Gasteiger partial charge is 0.339 e. The summed E-state index contributed by atoms with van der Waals surface area (Å²) in [5.41, 5.74) is 0.782. The summed E-state index contributed by atoms with van der Waals surface area (Å²) in [6.45, 7) is 5.72. The number of hydrogen-bond donors (Lipinski definition) is 1. The molecule has 1 saturated carbocycles. The lowest BCUT2D eigenvalue weighted by Crippen LogP contribution is -2.41. The van der Waals surface area contributed by atoms with E-state index in [0.29, 0.717) is 11.1 Å². The molecule has 0 aliphatic heterocycles. The molecule has 3 rings (SSSR count). The maximum Gasteiger partial charge on any atom is 0.339 e. The molecule has 23 heavy (non-hydrogen) atoms. The summed E-state index contributed by atoms with van der Waals surface area (Å²) in [4.78, 5) is 25.3. The van der Waals surface area contributed by atoms with Crippen molar-refractivity contribution in [2.24, 2.45) is 0 Å². The first kappa shape index (κ1) is 17.5. The van der Waals surface area contributed by atoms with Gasteiger partial charge in [0.1, 0.15) is 5.00 Å². The zero-order valence-electron chi connectivity index (χ0n) is 14.1. The highest BCUT2D eigenvalue weighted by atomic mass is 32.1. The molecule has 126 valence electrons. The average molecular weight is 336 g/mol. The standard InChI is InChI=1S/C15H18N2O3S.C2H6/c1-9-7-12-11(20-14(9)18)8-13(21-12)17(2)15(19)16-10-5-3-4-6-10;1-2/h7-8,10H,3-6H2,1-2H3,(H,16,19);1-2H3. The Morgan fingerprint density at radius 3 is 2.61 bits per heavy atom. The molecule has 0 unspecified atom stereocenters. The molecule has 0 saturated heterocycles. The first-order valence-electron chi connectivity index (χ1n) is 8.13. The summed E-state index contributed by atoms with van der Waals surface area (Å²) in [5.74, 6) is 0. The van der Waals surface area contributed by atoms with E-state index in [-0.39, 0.29) is 17.7 Å². The van der Waals surface area contributed by atoms with Crippen LogP contribution in [0, 0.1) is 6.92 Å². The minimum Gasteiger partial charge on any atom is -0.422 e. The van der Waals surface area contributed by atoms with Crippen LogP contribution < -0.4 is 15.8 Å². The van der Waals surface area contributed by atoms with E-state index in [0.717, 1.165) is 22.5 Å². The van der Waals surface area contributed by atoms with E-state index in [1.807, 2.05) is 13.8 Å². The van der Waals surface area contributed by atoms with E-state index in [1.165, 1.54) is 24.2 Å². The van der Waals surface area contributed by atoms with E-state index < -0.39 is 0 Å². The molecule has 2 heterocycles. The molecular formula is C17H24N2O3S. The van der Waals surface area contributed by atoms with Gasteiger partial charge < -0.3 is 9.73 Å². The summed E-state index contributed by atoms with van der Waals surface area (Å²) >= 11 is 1.45. The number of carbonyl (C=O) groups excluding carboxylic acids is 1. The maximum absolute atomic E-state index is 12.2. The number of hydrogen-bond acceptors (Lipinski definition) is 4. The van der Waals surface area contributed by atoms with Crippen molar-refractivity contribution >= 4 is 32.7 Å². The number of fused-ring (bicyclic) bond motifs is 1. The van der Waals surface area contributed by atoms with Crippen LogP contribution in [0.3, 0.4) is 0 Å². The number of rotatable bonds is 2. The molecule has 1 fully saturated rings. The Bertz CT molecular complexity index is 729. The average Bonchev–Trinajstić information content (AvgIpc) is 3.18. The quantitative estimate of drug-likeness (QED) is 0.890. The molecule has 0 atom stereocenters. The molecule has 2 amide bonds. The van der Waals surface area contributed by atoms with Crippen LogP contribution in [-0.2, 0) is 0 Å². The van der Waals surface area contributed by atoms with Crippen LogP contribution in [0.4, 0.5) is 9.80 Å². The van der Waals surface area contributed by atoms with Crippen molar-refractivity contribution in [2.75, 3.05) is 11.9 Å². The number of aryl methyl sites for hydroxylation is 1. The van der Waals surface area contributed by atoms with Gasteiger partial charge in [0.05, 0.1) is 4.70 Å². The molecule has 2 aromatic heterocycles. The van der Waals surface area contributed by atoms with Crippen molar-refractivity contribution in [1.29, 1.82) is 0 Å². The minimum absolute atomic E-state index is 0.104. The van der Waals surface area contributed by atoms with Crippen LogP contribution >= 0.6 is 11.3 Å². The summed E-state index contributed by atoms with van der Waals surface area (Å²) in [6, 6.07) is 3.73. The Kier molecular flexibility index (Phi) is 5.82. The number of carbonyl (C=O) groups is 1. The van der Waals surface area contributed by atoms with Crippen molar-refractivity contribution in [3.8, 4) is 0 Å². The molecule has 5 nitrogen and oxygen atoms in total. The summed E-state index contributed by atoms with van der Waals surface area (Å²) in [5, 5.41) is 3.82. The Labute approximate surface area is 140 Å². The van der Waals surface area contributed by atoms with E-state index in [2.05, 4.69) is 5.32 Å². The number of amides is 2. The second-order valence-corrected chi connectivity index (χ2v) is 6.58. The Morgan fingerprint density at radius 2 is 1.96 bits per heavy atom. The van der Waals surface area contributed by atoms with Crippen LogP contribution in [0.25, 0.3) is 10.3 Å². The number of thiophene rings is 1. The van der Waals surface area contributed by atoms with E-state index in [9.17, 15) is 9.59 Å². The Morgan fingerprint density at radius 1 is 1.30 bits per heavy atom. The molecule has 1 N–H and O–H groups in total. The van der Waals surface area contributed by atoms with Gasteiger partial charge in [0.25, 0.3) is 0 Å². The van der Waals surface area contributed by atoms with E-state index in [4.69, 9.17) is 4.42 Å². The van der Waals surface area contributed by atoms with Gasteiger partial charge in [0, 0.05) is 24.7 Å². The second-order valence-electron chi connectivity index (χ2n) is 5.52. The van der Waals surface area contributed by atoms with Gasteiger partial charge in [-0.15, -0.1) is 11.3 Å². The van der Waals surface area contributed by atoms with E-state index in [1.54, 1.807) is 31.0 Å². The zero-order chi connectivity index (χ0) is 17.0. The molecule has 6 heteroatoms. The molecule has 0 bridgehead atoms. The van der Waals surface area contributed by atoms with Gasteiger partial charge in [-0.1, -0.05) is 26.7 Å².